The van der Waals surface area contributed by atoms with E-state index >= 15 is 0 Å². The molecule has 5 rings (SSSR count). The third-order valence-corrected chi connectivity index (χ3v) is 8.21. The van der Waals surface area contributed by atoms with Crippen LogP contribution >= 0.6 is 11.3 Å². The van der Waals surface area contributed by atoms with Crippen LogP contribution in [0.2, 0.25) is 0 Å². The number of nitriles is 1. The van der Waals surface area contributed by atoms with E-state index in [0.29, 0.717) is 11.3 Å². The molecule has 0 atom stereocenters. The highest BCUT2D eigenvalue weighted by molar-refractivity contribution is 7.08. The number of nitrogens with zero attached hydrogens (tertiary/aromatic N) is 3. The Hall–Kier alpha value is -3.69. The summed E-state index contributed by atoms with van der Waals surface area (Å²) >= 11 is 1.36. The maximum Gasteiger partial charge on any atom is 0.352 e. The quantitative estimate of drug-likeness (QED) is 0.336. The van der Waals surface area contributed by atoms with Crippen molar-refractivity contribution in [2.45, 2.75) is 51.9 Å². The molecule has 1 aromatic heterocycles. The van der Waals surface area contributed by atoms with Crippen LogP contribution in [0.25, 0.3) is 22.9 Å². The van der Waals surface area contributed by atoms with Gasteiger partial charge in [-0.25, -0.2) is 9.78 Å². The van der Waals surface area contributed by atoms with Gasteiger partial charge in [-0.1, -0.05) is 75.7 Å². The highest BCUT2D eigenvalue weighted by Gasteiger charge is 2.41. The molecular formula is C31H31N3O2S. The van der Waals surface area contributed by atoms with Crippen LogP contribution in [0.5, 0.6) is 0 Å². The fraction of sp³-hybridized carbons (Fsp3) is 0.323. The molecule has 2 aromatic carbocycles. The van der Waals surface area contributed by atoms with E-state index < -0.39 is 5.97 Å². The predicted octanol–water partition coefficient (Wildman–Crippen LogP) is 5.24. The molecule has 0 radical (unpaired) electrons. The highest BCUT2D eigenvalue weighted by atomic mass is 32.1. The van der Waals surface area contributed by atoms with Crippen molar-refractivity contribution in [3.8, 4) is 17.3 Å². The lowest BCUT2D eigenvalue weighted by molar-refractivity contribution is -0.136. The maximum atomic E-state index is 12.7. The number of thiazole rings is 1. The number of unbranched alkanes of at least 4 members (excludes halogenated alkanes) is 1. The van der Waals surface area contributed by atoms with Crippen LogP contribution in [-0.2, 0) is 21.4 Å². The Labute approximate surface area is 222 Å². The number of carbonyl (C=O) groups is 1. The van der Waals surface area contributed by atoms with E-state index in [2.05, 4.69) is 49.1 Å². The lowest BCUT2D eigenvalue weighted by Crippen LogP contribution is -2.29. The van der Waals surface area contributed by atoms with Crippen LogP contribution < -0.4 is 14.1 Å². The minimum atomic E-state index is -0.609. The van der Waals surface area contributed by atoms with Crippen molar-refractivity contribution in [3.63, 3.8) is 0 Å². The van der Waals surface area contributed by atoms with Gasteiger partial charge in [0.1, 0.15) is 10.7 Å². The summed E-state index contributed by atoms with van der Waals surface area (Å²) in [5, 5.41) is 9.80. The van der Waals surface area contributed by atoms with Gasteiger partial charge in [0.05, 0.1) is 16.8 Å². The Kier molecular flexibility index (Phi) is 6.99. The zero-order chi connectivity index (χ0) is 26.0. The monoisotopic (exact) mass is 509 g/mol. The second-order valence-electron chi connectivity index (χ2n) is 9.99. The second-order valence-corrected chi connectivity index (χ2v) is 11.0. The van der Waals surface area contributed by atoms with Crippen molar-refractivity contribution in [3.05, 3.63) is 80.6 Å². The number of hydrogen-bond donors (Lipinski definition) is 0. The van der Waals surface area contributed by atoms with Gasteiger partial charge < -0.3 is 9.64 Å². The minimum absolute atomic E-state index is 0.0418. The van der Waals surface area contributed by atoms with Gasteiger partial charge in [0.15, 0.2) is 5.57 Å². The van der Waals surface area contributed by atoms with Crippen molar-refractivity contribution >= 4 is 34.6 Å². The number of para-hydroxylation sites is 1. The molecule has 2 aliphatic heterocycles. The standard InChI is InChI=1S/C31H31N3O2S/c1-4-5-19-36-30(35)23(20-32)29-33-27(21-11-7-6-8-12-21)25(37-29)16-17-26-31(2,3)24-15-9-13-22-14-10-18-34(26)28(22)24/h6-9,11-13,15-17H,4-5,10,14,18-19H2,1-3H3. The lowest BCUT2D eigenvalue weighted by Gasteiger charge is -2.30. The molecule has 0 aliphatic carbocycles. The first-order chi connectivity index (χ1) is 18.0. The van der Waals surface area contributed by atoms with Gasteiger partial charge in [-0.2, -0.15) is 5.26 Å². The zero-order valence-corrected chi connectivity index (χ0v) is 22.4. The van der Waals surface area contributed by atoms with E-state index in [1.54, 1.807) is 0 Å². The van der Waals surface area contributed by atoms with Crippen molar-refractivity contribution in [1.29, 1.82) is 5.26 Å². The molecule has 0 saturated heterocycles. The number of anilines is 1. The lowest BCUT2D eigenvalue weighted by atomic mass is 9.83. The van der Waals surface area contributed by atoms with Gasteiger partial charge in [0.25, 0.3) is 0 Å². The molecule has 37 heavy (non-hydrogen) atoms. The van der Waals surface area contributed by atoms with Crippen molar-refractivity contribution in [2.75, 3.05) is 18.1 Å². The smallest absolute Gasteiger partial charge is 0.352 e. The molecule has 0 fully saturated rings. The number of ether oxygens (including phenoxy) is 1. The molecule has 3 aromatic rings. The minimum Gasteiger partial charge on any atom is -0.461 e. The largest absolute Gasteiger partial charge is 0.461 e. The summed E-state index contributed by atoms with van der Waals surface area (Å²) in [6.07, 6.45) is 8.22. The number of aryl methyl sites for hydroxylation is 1. The summed E-state index contributed by atoms with van der Waals surface area (Å²) in [7, 11) is 0. The van der Waals surface area contributed by atoms with Gasteiger partial charge in [-0.3, -0.25) is 0 Å². The van der Waals surface area contributed by atoms with E-state index in [9.17, 15) is 10.1 Å². The molecule has 0 amide bonds. The number of aromatic nitrogens is 1. The Bertz CT molecular complexity index is 1530. The Balaban J connectivity index is 1.65. The fourth-order valence-electron chi connectivity index (χ4n) is 5.24. The molecule has 188 valence electrons. The Morgan fingerprint density at radius 3 is 2.76 bits per heavy atom. The average molecular weight is 510 g/mol. The van der Waals surface area contributed by atoms with Crippen LogP contribution in [0.1, 0.15) is 51.2 Å². The fourth-order valence-corrected chi connectivity index (χ4v) is 6.21. The van der Waals surface area contributed by atoms with E-state index in [4.69, 9.17) is 9.72 Å². The predicted molar refractivity (Wildman–Crippen MR) is 149 cm³/mol. The topological polar surface area (TPSA) is 66.2 Å². The van der Waals surface area contributed by atoms with Crippen LogP contribution in [-0.4, -0.2) is 24.1 Å². The molecule has 0 bridgehead atoms. The third-order valence-electron chi connectivity index (χ3n) is 7.18. The van der Waals surface area contributed by atoms with Crippen molar-refractivity contribution in [2.24, 2.45) is 0 Å². The molecule has 0 saturated carbocycles. The average Bonchev–Trinajstić information content (AvgIpc) is 3.42. The normalized spacial score (nSPS) is 17.9. The summed E-state index contributed by atoms with van der Waals surface area (Å²) in [4.78, 5) is 19.9. The van der Waals surface area contributed by atoms with Gasteiger partial charge in [0, 0.05) is 28.9 Å². The molecule has 6 heteroatoms. The summed E-state index contributed by atoms with van der Waals surface area (Å²) in [6.45, 7) is 7.90. The van der Waals surface area contributed by atoms with Crippen molar-refractivity contribution in [1.82, 2.24) is 4.98 Å². The van der Waals surface area contributed by atoms with Crippen molar-refractivity contribution < 1.29 is 9.53 Å². The number of rotatable bonds is 6. The third kappa shape index (κ3) is 4.60. The van der Waals surface area contributed by atoms with E-state index in [-0.39, 0.29) is 11.0 Å². The number of hydrogen-bond acceptors (Lipinski definition) is 6. The second kappa shape index (κ2) is 10.4. The van der Waals surface area contributed by atoms with E-state index in [1.165, 1.54) is 33.8 Å². The zero-order valence-electron chi connectivity index (χ0n) is 21.6. The van der Waals surface area contributed by atoms with Gasteiger partial charge in [0.2, 0.25) is 0 Å². The maximum absolute atomic E-state index is 12.7. The van der Waals surface area contributed by atoms with E-state index in [1.807, 2.05) is 43.3 Å². The first-order valence-corrected chi connectivity index (χ1v) is 13.7. The van der Waals surface area contributed by atoms with E-state index in [0.717, 1.165) is 48.0 Å². The number of allylic oxidation sites excluding steroid dienone is 2. The molecule has 2 aliphatic rings. The highest BCUT2D eigenvalue weighted by Crippen LogP contribution is 2.50. The number of carbonyl (C=O) groups excluding carboxylic acids is 1. The number of esters is 1. The first-order valence-electron chi connectivity index (χ1n) is 12.9. The van der Waals surface area contributed by atoms with Crippen LogP contribution in [0.4, 0.5) is 5.69 Å². The SMILES string of the molecule is CCCCOC(=O)C(C#N)=c1nc(-c2ccccc2)c(=CC=C2N3CCCc4cccc(c43)C2(C)C)s1. The van der Waals surface area contributed by atoms with Crippen LogP contribution in [0.3, 0.4) is 0 Å². The molecule has 0 N–H and O–H groups in total. The molecule has 5 nitrogen and oxygen atoms in total. The Morgan fingerprint density at radius 2 is 2.00 bits per heavy atom. The summed E-state index contributed by atoms with van der Waals surface area (Å²) in [5.41, 5.74) is 6.94. The van der Waals surface area contributed by atoms with Crippen LogP contribution in [0.15, 0.2) is 60.3 Å². The summed E-state index contributed by atoms with van der Waals surface area (Å²) in [6, 6.07) is 18.6. The molecular weight excluding hydrogens is 478 g/mol. The van der Waals surface area contributed by atoms with Gasteiger partial charge >= 0.3 is 5.97 Å². The number of benzene rings is 2. The Morgan fingerprint density at radius 1 is 1.19 bits per heavy atom. The summed E-state index contributed by atoms with van der Waals surface area (Å²) in [5.74, 6) is -0.609. The summed E-state index contributed by atoms with van der Waals surface area (Å²) < 4.78 is 6.63. The first kappa shape index (κ1) is 25.0. The van der Waals surface area contributed by atoms with Gasteiger partial charge in [-0.05, 0) is 42.5 Å². The van der Waals surface area contributed by atoms with Crippen LogP contribution in [0, 0.1) is 11.3 Å². The molecule has 0 spiro atoms. The van der Waals surface area contributed by atoms with Gasteiger partial charge in [-0.15, -0.1) is 11.3 Å². The molecule has 0 unspecified atom stereocenters. The molecule has 3 heterocycles.